The first-order valence-electron chi connectivity index (χ1n) is 4.79. The lowest BCUT2D eigenvalue weighted by Gasteiger charge is -1.97. The van der Waals surface area contributed by atoms with Gasteiger partial charge in [-0.3, -0.25) is 0 Å². The minimum atomic E-state index is -1.78. The number of benzene rings is 1. The van der Waals surface area contributed by atoms with E-state index in [4.69, 9.17) is 14.8 Å². The van der Waals surface area contributed by atoms with Crippen LogP contribution in [-0.2, 0) is 11.2 Å². The van der Waals surface area contributed by atoms with Gasteiger partial charge in [0, 0.05) is 0 Å². The number of nitrogens with zero attached hydrogens (tertiary/aromatic N) is 2. The summed E-state index contributed by atoms with van der Waals surface area (Å²) in [7, 11) is 0. The van der Waals surface area contributed by atoms with Gasteiger partial charge in [-0.05, 0) is 17.7 Å². The molecule has 1 atom stereocenters. The first-order valence-corrected chi connectivity index (χ1v) is 4.79. The van der Waals surface area contributed by atoms with Gasteiger partial charge in [-0.25, -0.2) is 9.78 Å². The molecule has 0 saturated carbocycles. The van der Waals surface area contributed by atoms with Crippen molar-refractivity contribution in [3.63, 3.8) is 0 Å². The lowest BCUT2D eigenvalue weighted by Crippen LogP contribution is -2.10. The predicted octanol–water partition coefficient (Wildman–Crippen LogP) is 1.01. The number of carboxylic acid groups (broad SMARTS) is 1. The summed E-state index contributed by atoms with van der Waals surface area (Å²) in [6, 6.07) is 6.91. The Balaban J connectivity index is 2.44. The van der Waals surface area contributed by atoms with Gasteiger partial charge in [0.15, 0.2) is 5.58 Å². The quantitative estimate of drug-likeness (QED) is 0.817. The van der Waals surface area contributed by atoms with Gasteiger partial charge in [-0.2, -0.15) is 5.26 Å². The van der Waals surface area contributed by atoms with Crippen molar-refractivity contribution in [1.82, 2.24) is 4.98 Å². The third-order valence-electron chi connectivity index (χ3n) is 2.22. The van der Waals surface area contributed by atoms with E-state index in [0.717, 1.165) is 5.56 Å². The molecule has 0 aliphatic heterocycles. The van der Waals surface area contributed by atoms with E-state index in [2.05, 4.69) is 4.98 Å². The maximum absolute atomic E-state index is 10.6. The topological polar surface area (TPSA) is 107 Å². The Morgan fingerprint density at radius 3 is 3.00 bits per heavy atom. The molecule has 1 aromatic carbocycles. The number of aromatic nitrogens is 1. The first-order chi connectivity index (χ1) is 8.11. The minimum absolute atomic E-state index is 0.230. The summed E-state index contributed by atoms with van der Waals surface area (Å²) in [5.74, 6) is -1.68. The Labute approximate surface area is 95.7 Å². The van der Waals surface area contributed by atoms with Crippen molar-refractivity contribution in [1.29, 1.82) is 5.26 Å². The molecule has 2 N–H and O–H groups in total. The smallest absolute Gasteiger partial charge is 0.342 e. The van der Waals surface area contributed by atoms with Crippen LogP contribution in [0.3, 0.4) is 0 Å². The summed E-state index contributed by atoms with van der Waals surface area (Å²) in [5.41, 5.74) is 1.54. The number of rotatable bonds is 3. The van der Waals surface area contributed by atoms with Crippen LogP contribution in [0.15, 0.2) is 22.6 Å². The predicted molar refractivity (Wildman–Crippen MR) is 55.9 cm³/mol. The van der Waals surface area contributed by atoms with Crippen LogP contribution in [0.5, 0.6) is 0 Å². The van der Waals surface area contributed by atoms with E-state index < -0.39 is 12.1 Å². The standard InChI is InChI=1S/C11H8N2O4/c12-4-3-6-1-2-7-8(5-6)17-10(13-7)9(14)11(15)16/h1-2,5,9,14H,3H2,(H,15,16). The van der Waals surface area contributed by atoms with Crippen LogP contribution in [0.1, 0.15) is 17.6 Å². The molecule has 6 nitrogen and oxygen atoms in total. The zero-order valence-electron chi connectivity index (χ0n) is 8.62. The van der Waals surface area contributed by atoms with Gasteiger partial charge in [0.05, 0.1) is 12.5 Å². The molecule has 1 unspecified atom stereocenters. The Morgan fingerprint density at radius 1 is 1.59 bits per heavy atom. The number of nitriles is 1. The first kappa shape index (κ1) is 11.1. The summed E-state index contributed by atoms with van der Waals surface area (Å²) in [5, 5.41) is 26.4. The molecule has 0 bridgehead atoms. The van der Waals surface area contributed by atoms with E-state index >= 15 is 0 Å². The van der Waals surface area contributed by atoms with E-state index in [0.29, 0.717) is 11.1 Å². The monoisotopic (exact) mass is 232 g/mol. The lowest BCUT2D eigenvalue weighted by molar-refractivity contribution is -0.148. The fourth-order valence-corrected chi connectivity index (χ4v) is 1.41. The molecule has 6 heteroatoms. The molecular formula is C11H8N2O4. The number of carbonyl (C=O) groups is 1. The van der Waals surface area contributed by atoms with Gasteiger partial charge in [0.2, 0.25) is 12.0 Å². The molecule has 0 aliphatic carbocycles. The van der Waals surface area contributed by atoms with E-state index in [1.807, 2.05) is 6.07 Å². The van der Waals surface area contributed by atoms with E-state index in [9.17, 15) is 9.90 Å². The van der Waals surface area contributed by atoms with Crippen molar-refractivity contribution in [3.05, 3.63) is 29.7 Å². The molecule has 0 amide bonds. The van der Waals surface area contributed by atoms with Gasteiger partial charge in [-0.15, -0.1) is 0 Å². The SMILES string of the molecule is N#CCc1ccc2nc(C(O)C(=O)O)oc2c1. The Bertz CT molecular complexity index is 611. The van der Waals surface area contributed by atoms with Crippen LogP contribution in [0, 0.1) is 11.3 Å². The maximum atomic E-state index is 10.6. The van der Waals surface area contributed by atoms with E-state index in [1.54, 1.807) is 18.2 Å². The van der Waals surface area contributed by atoms with Crippen molar-refractivity contribution >= 4 is 17.1 Å². The molecule has 2 aromatic rings. The number of hydrogen-bond donors (Lipinski definition) is 2. The van der Waals surface area contributed by atoms with Crippen molar-refractivity contribution in [2.24, 2.45) is 0 Å². The minimum Gasteiger partial charge on any atom is -0.479 e. The van der Waals surface area contributed by atoms with Crippen molar-refractivity contribution in [2.45, 2.75) is 12.5 Å². The highest BCUT2D eigenvalue weighted by atomic mass is 16.4. The largest absolute Gasteiger partial charge is 0.479 e. The normalized spacial score (nSPS) is 12.2. The number of aliphatic hydroxyl groups is 1. The molecular weight excluding hydrogens is 224 g/mol. The molecule has 2 rings (SSSR count). The highest BCUT2D eigenvalue weighted by Gasteiger charge is 2.22. The van der Waals surface area contributed by atoms with Crippen LogP contribution in [0.4, 0.5) is 0 Å². The molecule has 1 aromatic heterocycles. The highest BCUT2D eigenvalue weighted by Crippen LogP contribution is 2.21. The molecule has 0 radical (unpaired) electrons. The molecule has 0 fully saturated rings. The number of aliphatic hydroxyl groups excluding tert-OH is 1. The molecule has 17 heavy (non-hydrogen) atoms. The van der Waals surface area contributed by atoms with Gasteiger partial charge in [-0.1, -0.05) is 6.07 Å². The highest BCUT2D eigenvalue weighted by molar-refractivity contribution is 5.77. The van der Waals surface area contributed by atoms with Gasteiger partial charge in [0.25, 0.3) is 0 Å². The Kier molecular flexibility index (Phi) is 2.77. The van der Waals surface area contributed by atoms with Crippen molar-refractivity contribution in [2.75, 3.05) is 0 Å². The van der Waals surface area contributed by atoms with Gasteiger partial charge >= 0.3 is 5.97 Å². The number of aliphatic carboxylic acids is 1. The zero-order chi connectivity index (χ0) is 12.4. The lowest BCUT2D eigenvalue weighted by atomic mass is 10.1. The fourth-order valence-electron chi connectivity index (χ4n) is 1.41. The second-order valence-electron chi connectivity index (χ2n) is 3.43. The zero-order valence-corrected chi connectivity index (χ0v) is 8.62. The second kappa shape index (κ2) is 4.23. The van der Waals surface area contributed by atoms with Crippen molar-refractivity contribution < 1.29 is 19.4 Å². The number of oxazole rings is 1. The Hall–Kier alpha value is -2.39. The molecule has 0 saturated heterocycles. The summed E-state index contributed by atoms with van der Waals surface area (Å²) in [6.07, 6.45) is -1.55. The number of hydrogen-bond acceptors (Lipinski definition) is 5. The fraction of sp³-hybridized carbons (Fsp3) is 0.182. The number of fused-ring (bicyclic) bond motifs is 1. The molecule has 86 valence electrons. The molecule has 1 heterocycles. The summed E-state index contributed by atoms with van der Waals surface area (Å²) >= 11 is 0. The average Bonchev–Trinajstić information content (AvgIpc) is 2.71. The summed E-state index contributed by atoms with van der Waals surface area (Å²) in [6.45, 7) is 0. The van der Waals surface area contributed by atoms with Crippen LogP contribution < -0.4 is 0 Å². The average molecular weight is 232 g/mol. The third kappa shape index (κ3) is 2.09. The number of carboxylic acids is 1. The molecule has 0 spiro atoms. The van der Waals surface area contributed by atoms with Gasteiger partial charge in [0.1, 0.15) is 5.52 Å². The van der Waals surface area contributed by atoms with Gasteiger partial charge < -0.3 is 14.6 Å². The third-order valence-corrected chi connectivity index (χ3v) is 2.22. The Morgan fingerprint density at radius 2 is 2.35 bits per heavy atom. The van der Waals surface area contributed by atoms with Crippen LogP contribution in [-0.4, -0.2) is 21.2 Å². The van der Waals surface area contributed by atoms with Crippen molar-refractivity contribution in [3.8, 4) is 6.07 Å². The van der Waals surface area contributed by atoms with Crippen LogP contribution in [0.25, 0.3) is 11.1 Å². The summed E-state index contributed by atoms with van der Waals surface area (Å²) in [4.78, 5) is 14.4. The summed E-state index contributed by atoms with van der Waals surface area (Å²) < 4.78 is 5.13. The van der Waals surface area contributed by atoms with Crippen LogP contribution >= 0.6 is 0 Å². The van der Waals surface area contributed by atoms with Crippen LogP contribution in [0.2, 0.25) is 0 Å². The molecule has 0 aliphatic rings. The maximum Gasteiger partial charge on any atom is 0.342 e. The van der Waals surface area contributed by atoms with E-state index in [1.165, 1.54) is 0 Å². The second-order valence-corrected chi connectivity index (χ2v) is 3.43. The van der Waals surface area contributed by atoms with E-state index in [-0.39, 0.29) is 12.3 Å².